The molecule has 65 heavy (non-hydrogen) atoms. The molecule has 2 N–H and O–H groups in total. The molecule has 1 aliphatic carbocycles. The Hall–Kier alpha value is -5.16. The van der Waals surface area contributed by atoms with Crippen LogP contribution in [0, 0.1) is 17.3 Å². The van der Waals surface area contributed by atoms with Crippen molar-refractivity contribution >= 4 is 27.8 Å². The van der Waals surface area contributed by atoms with E-state index in [2.05, 4.69) is 36.2 Å². The maximum atomic E-state index is 14.0. The second-order valence-corrected chi connectivity index (χ2v) is 21.2. The van der Waals surface area contributed by atoms with Crippen molar-refractivity contribution in [2.75, 3.05) is 51.4 Å². The van der Waals surface area contributed by atoms with Gasteiger partial charge in [0.2, 0.25) is 10.0 Å². The fourth-order valence-electron chi connectivity index (χ4n) is 9.78. The van der Waals surface area contributed by atoms with Crippen molar-refractivity contribution in [1.82, 2.24) is 19.4 Å². The van der Waals surface area contributed by atoms with Crippen LogP contribution in [0.3, 0.4) is 0 Å². The Labute approximate surface area is 382 Å². The minimum Gasteiger partial charge on any atom is -0.497 e. The van der Waals surface area contributed by atoms with Crippen LogP contribution in [0.25, 0.3) is 5.69 Å². The number of aryl methyl sites for hydroxylation is 1. The fourth-order valence-corrected chi connectivity index (χ4v) is 11.4. The van der Waals surface area contributed by atoms with Crippen LogP contribution in [0.5, 0.6) is 11.5 Å². The number of nitrogens with one attached hydrogen (secondary N) is 1. The van der Waals surface area contributed by atoms with Gasteiger partial charge in [0.1, 0.15) is 29.4 Å². The highest BCUT2D eigenvalue weighted by atomic mass is 32.2. The van der Waals surface area contributed by atoms with E-state index in [4.69, 9.17) is 28.8 Å². The highest BCUT2D eigenvalue weighted by Gasteiger charge is 2.53. The van der Waals surface area contributed by atoms with Gasteiger partial charge in [-0.2, -0.15) is 9.40 Å². The number of anilines is 1. The Morgan fingerprint density at radius 2 is 1.77 bits per heavy atom. The molecule has 3 fully saturated rings. The third-order valence-corrected chi connectivity index (χ3v) is 15.2. The predicted molar refractivity (Wildman–Crippen MR) is 245 cm³/mol. The number of ether oxygens (including phenoxy) is 5. The van der Waals surface area contributed by atoms with Gasteiger partial charge >= 0.3 is 12.1 Å². The molecule has 0 unspecified atom stereocenters. The third-order valence-electron chi connectivity index (χ3n) is 13.3. The number of alkyl carbamates (subject to hydrolysis) is 1. The first-order valence-electron chi connectivity index (χ1n) is 22.8. The van der Waals surface area contributed by atoms with E-state index in [0.29, 0.717) is 56.1 Å². The predicted octanol–water partition coefficient (Wildman–Crippen LogP) is 7.28. The lowest BCUT2D eigenvalue weighted by molar-refractivity contribution is -0.181. The molecule has 4 aromatic rings. The maximum absolute atomic E-state index is 14.0. The van der Waals surface area contributed by atoms with E-state index < -0.39 is 40.0 Å². The molecule has 4 heterocycles. The highest BCUT2D eigenvalue weighted by Crippen LogP contribution is 2.42. The maximum Gasteiger partial charge on any atom is 0.407 e. The number of hydrogen-bond donors (Lipinski definition) is 2. The topological polar surface area (TPSA) is 171 Å². The number of sulfonamides is 1. The van der Waals surface area contributed by atoms with Crippen molar-refractivity contribution in [3.8, 4) is 17.2 Å². The van der Waals surface area contributed by atoms with Crippen LogP contribution in [0.15, 0.2) is 77.7 Å². The quantitative estimate of drug-likeness (QED) is 0.109. The van der Waals surface area contributed by atoms with Gasteiger partial charge in [-0.25, -0.2) is 22.7 Å². The average molecular weight is 914 g/mol. The fraction of sp³-hybridized carbons (Fsp3) is 0.531. The molecule has 15 nitrogen and oxygen atoms in total. The van der Waals surface area contributed by atoms with Crippen molar-refractivity contribution in [3.63, 3.8) is 0 Å². The number of amides is 1. The molecule has 4 aliphatic rings. The highest BCUT2D eigenvalue weighted by molar-refractivity contribution is 7.89. The number of carboxylic acid groups (broad SMARTS) is 1. The molecule has 8 rings (SSSR count). The van der Waals surface area contributed by atoms with E-state index in [1.54, 1.807) is 28.9 Å². The molecule has 0 bridgehead atoms. The van der Waals surface area contributed by atoms with Crippen LogP contribution in [0.4, 0.5) is 10.5 Å². The zero-order valence-electron chi connectivity index (χ0n) is 38.3. The molecule has 3 aromatic carbocycles. The number of rotatable bonds is 17. The molecular formula is C49H63N5O10S. The number of carbonyl (C=O) groups is 2. The number of benzene rings is 3. The molecular weight excluding hydrogens is 851 g/mol. The molecule has 1 amide bonds. The first-order chi connectivity index (χ1) is 31.0. The van der Waals surface area contributed by atoms with E-state index in [-0.39, 0.29) is 47.1 Å². The lowest BCUT2D eigenvalue weighted by atomic mass is 9.76. The monoisotopic (exact) mass is 913 g/mol. The molecule has 1 aromatic heterocycles. The van der Waals surface area contributed by atoms with Gasteiger partial charge in [0.25, 0.3) is 0 Å². The van der Waals surface area contributed by atoms with Crippen molar-refractivity contribution < 1.29 is 46.8 Å². The van der Waals surface area contributed by atoms with Gasteiger partial charge in [0.05, 0.1) is 43.4 Å². The third kappa shape index (κ3) is 10.3. The summed E-state index contributed by atoms with van der Waals surface area (Å²) >= 11 is 0. The van der Waals surface area contributed by atoms with Gasteiger partial charge in [0.15, 0.2) is 11.5 Å². The normalized spacial score (nSPS) is 23.0. The number of nitrogens with zero attached hydrogens (tertiary/aromatic N) is 4. The zero-order chi connectivity index (χ0) is 46.1. The largest absolute Gasteiger partial charge is 0.497 e. The summed E-state index contributed by atoms with van der Waals surface area (Å²) in [6.07, 6.45) is 3.43. The summed E-state index contributed by atoms with van der Waals surface area (Å²) in [4.78, 5) is 28.7. The van der Waals surface area contributed by atoms with E-state index in [1.165, 1.54) is 11.4 Å². The Morgan fingerprint density at radius 3 is 2.49 bits per heavy atom. The summed E-state index contributed by atoms with van der Waals surface area (Å²) in [6.45, 7) is 12.8. The van der Waals surface area contributed by atoms with Gasteiger partial charge in [-0.05, 0) is 111 Å². The van der Waals surface area contributed by atoms with Crippen molar-refractivity contribution in [3.05, 3.63) is 95.3 Å². The molecule has 5 atom stereocenters. The Bertz CT molecular complexity index is 2440. The molecule has 3 aliphatic heterocycles. The minimum absolute atomic E-state index is 0.00206. The van der Waals surface area contributed by atoms with Gasteiger partial charge in [-0.3, -0.25) is 0 Å². The lowest BCUT2D eigenvalue weighted by Gasteiger charge is -2.28. The second-order valence-electron chi connectivity index (χ2n) is 19.2. The minimum atomic E-state index is -3.86. The smallest absolute Gasteiger partial charge is 0.407 e. The summed E-state index contributed by atoms with van der Waals surface area (Å²) < 4.78 is 60.6. The van der Waals surface area contributed by atoms with Gasteiger partial charge < -0.3 is 39.0 Å². The van der Waals surface area contributed by atoms with E-state index in [0.717, 1.165) is 54.7 Å². The number of methoxy groups -OCH3 is 1. The van der Waals surface area contributed by atoms with Gasteiger partial charge in [-0.1, -0.05) is 52.0 Å². The van der Waals surface area contributed by atoms with Crippen molar-refractivity contribution in [2.24, 2.45) is 17.3 Å². The van der Waals surface area contributed by atoms with E-state index >= 15 is 0 Å². The van der Waals surface area contributed by atoms with Gasteiger partial charge in [0, 0.05) is 43.3 Å². The first-order valence-corrected chi connectivity index (χ1v) is 24.3. The molecule has 350 valence electrons. The van der Waals surface area contributed by atoms with Crippen LogP contribution >= 0.6 is 0 Å². The summed E-state index contributed by atoms with van der Waals surface area (Å²) in [5.41, 5.74) is 4.44. The molecule has 0 saturated carbocycles. The van der Waals surface area contributed by atoms with Gasteiger partial charge in [-0.15, -0.1) is 0 Å². The van der Waals surface area contributed by atoms with E-state index in [9.17, 15) is 23.1 Å². The van der Waals surface area contributed by atoms with Crippen LogP contribution in [-0.4, -0.2) is 110 Å². The standard InChI is InChI=1S/C49H63N5O10S/c1-32(2)29-53(65(58,59)38-17-15-36(60-6)16-18-38)25-20-34(50-47(57)64-44-31-62-49(5)40(44)22-26-61-49)27-33-11-13-35(14-12-33)52-24-21-37(30-52)63-43-10-8-7-9-42(43)54-45(46(55)56)39-28-48(3,4)23-19-41(39)51-54/h7-18,32,34,37,40,44H,19-31H2,1-6H3,(H,50,57)(H,55,56)/t34-,37+,40+,44+,49-/m1/s1. The molecule has 0 spiro atoms. The number of carbonyl (C=O) groups excluding carboxylic acids is 1. The second kappa shape index (κ2) is 19.0. The summed E-state index contributed by atoms with van der Waals surface area (Å²) in [5, 5.41) is 18.3. The molecule has 0 radical (unpaired) electrons. The van der Waals surface area contributed by atoms with Crippen molar-refractivity contribution in [2.45, 2.75) is 108 Å². The van der Waals surface area contributed by atoms with Crippen molar-refractivity contribution in [1.29, 1.82) is 0 Å². The summed E-state index contributed by atoms with van der Waals surface area (Å²) in [5.74, 6) is -0.629. The van der Waals surface area contributed by atoms with Crippen LogP contribution in [0.2, 0.25) is 0 Å². The number of para-hydroxylation sites is 2. The average Bonchev–Trinajstić information content (AvgIpc) is 4.05. The number of fused-ring (bicyclic) bond motifs is 2. The first kappa shape index (κ1) is 46.4. The van der Waals surface area contributed by atoms with Crippen LogP contribution < -0.4 is 19.7 Å². The SMILES string of the molecule is COc1ccc(S(=O)(=O)N(CC[C@H](Cc2ccc(N3CC[C@H](Oc4ccccc4-n4nc5c(c4C(=O)O)CC(C)(C)CC5)C3)cc2)NC(=O)O[C@H]2CO[C@@]3(C)OCC[C@@H]23)CC(C)C)cc1. The zero-order valence-corrected chi connectivity index (χ0v) is 39.1. The molecule has 16 heteroatoms. The summed E-state index contributed by atoms with van der Waals surface area (Å²) in [6, 6.07) is 21.6. The summed E-state index contributed by atoms with van der Waals surface area (Å²) in [7, 11) is -2.32. The number of carboxylic acids is 1. The number of aromatic carboxylic acids is 1. The van der Waals surface area contributed by atoms with Crippen LogP contribution in [0.1, 0.15) is 87.6 Å². The Kier molecular flexibility index (Phi) is 13.5. The number of aromatic nitrogens is 2. The number of hydrogen-bond acceptors (Lipinski definition) is 11. The van der Waals surface area contributed by atoms with Crippen LogP contribution in [-0.2, 0) is 43.5 Å². The van der Waals surface area contributed by atoms with E-state index in [1.807, 2.05) is 57.2 Å². The Morgan fingerprint density at radius 1 is 1.02 bits per heavy atom. The lowest BCUT2D eigenvalue weighted by Crippen LogP contribution is -2.43. The Balaban J connectivity index is 0.951. The molecule has 3 saturated heterocycles.